The molecule has 1 amide bonds. The number of hydrogen-bond donors (Lipinski definition) is 2. The molecule has 1 heterocycles. The summed E-state index contributed by atoms with van der Waals surface area (Å²) in [4.78, 5) is 12.9. The molecule has 1 aromatic carbocycles. The standard InChI is InChI=1S/C22H32N4O2/c1-7-28-19-13-22(23,21(19,5)6)20(27)24-16(4)17-8-10-18(11-9-17)26-15(3)12-14(2)25-26/h8-12,16,19H,7,13,23H2,1-6H3,(H,24,27). The smallest absolute Gasteiger partial charge is 0.241 e. The molecule has 3 unspecified atom stereocenters. The van der Waals surface area contributed by atoms with Gasteiger partial charge in [0.05, 0.1) is 23.5 Å². The first kappa shape index (κ1) is 20.6. The molecule has 0 bridgehead atoms. The minimum atomic E-state index is -0.912. The van der Waals surface area contributed by atoms with E-state index in [0.717, 1.165) is 22.6 Å². The average Bonchev–Trinajstić information content (AvgIpc) is 2.99. The van der Waals surface area contributed by atoms with Gasteiger partial charge in [-0.1, -0.05) is 26.0 Å². The molecule has 1 saturated carbocycles. The van der Waals surface area contributed by atoms with Gasteiger partial charge in [0.25, 0.3) is 0 Å². The molecule has 1 aliphatic carbocycles. The molecule has 3 rings (SSSR count). The first-order chi connectivity index (χ1) is 13.1. The summed E-state index contributed by atoms with van der Waals surface area (Å²) in [6.07, 6.45) is 0.562. The highest BCUT2D eigenvalue weighted by atomic mass is 16.5. The Kier molecular flexibility index (Phi) is 5.38. The Morgan fingerprint density at radius 1 is 1.36 bits per heavy atom. The fraction of sp³-hybridized carbons (Fsp3) is 0.545. The van der Waals surface area contributed by atoms with E-state index < -0.39 is 11.0 Å². The molecule has 28 heavy (non-hydrogen) atoms. The van der Waals surface area contributed by atoms with Crippen LogP contribution in [0, 0.1) is 19.3 Å². The molecule has 0 spiro atoms. The predicted octanol–water partition coefficient (Wildman–Crippen LogP) is 3.20. The summed E-state index contributed by atoms with van der Waals surface area (Å²) in [5, 5.41) is 7.60. The van der Waals surface area contributed by atoms with Crippen molar-refractivity contribution in [3.63, 3.8) is 0 Å². The summed E-state index contributed by atoms with van der Waals surface area (Å²) in [5.74, 6) is -0.122. The largest absolute Gasteiger partial charge is 0.378 e. The third-order valence-electron chi connectivity index (χ3n) is 6.23. The van der Waals surface area contributed by atoms with Crippen LogP contribution < -0.4 is 11.1 Å². The van der Waals surface area contributed by atoms with Gasteiger partial charge >= 0.3 is 0 Å². The number of hydrogen-bond acceptors (Lipinski definition) is 4. The molecule has 1 aromatic heterocycles. The maximum atomic E-state index is 12.9. The SMILES string of the molecule is CCOC1CC(N)(C(=O)NC(C)c2ccc(-n3nc(C)cc3C)cc2)C1(C)C. The van der Waals surface area contributed by atoms with Gasteiger partial charge in [0.1, 0.15) is 5.54 Å². The van der Waals surface area contributed by atoms with Gasteiger partial charge in [0.15, 0.2) is 0 Å². The molecule has 6 nitrogen and oxygen atoms in total. The molecule has 3 N–H and O–H groups in total. The normalized spacial score (nSPS) is 24.5. The van der Waals surface area contributed by atoms with Gasteiger partial charge in [-0.2, -0.15) is 5.10 Å². The van der Waals surface area contributed by atoms with Gasteiger partial charge in [-0.3, -0.25) is 4.79 Å². The van der Waals surface area contributed by atoms with Crippen LogP contribution >= 0.6 is 0 Å². The van der Waals surface area contributed by atoms with E-state index in [9.17, 15) is 4.79 Å². The zero-order valence-electron chi connectivity index (χ0n) is 17.7. The molecule has 0 saturated heterocycles. The Hall–Kier alpha value is -2.18. The lowest BCUT2D eigenvalue weighted by Gasteiger charge is -2.57. The monoisotopic (exact) mass is 384 g/mol. The first-order valence-electron chi connectivity index (χ1n) is 9.95. The average molecular weight is 385 g/mol. The second-order valence-electron chi connectivity index (χ2n) is 8.47. The zero-order valence-corrected chi connectivity index (χ0v) is 17.7. The van der Waals surface area contributed by atoms with E-state index in [2.05, 4.69) is 10.4 Å². The highest BCUT2D eigenvalue weighted by molar-refractivity contribution is 5.89. The van der Waals surface area contributed by atoms with E-state index in [1.54, 1.807) is 0 Å². The van der Waals surface area contributed by atoms with Crippen LogP contribution in [0.2, 0.25) is 0 Å². The number of benzene rings is 1. The lowest BCUT2D eigenvalue weighted by atomic mass is 9.54. The van der Waals surface area contributed by atoms with Crippen LogP contribution in [0.1, 0.15) is 57.1 Å². The van der Waals surface area contributed by atoms with Gasteiger partial charge < -0.3 is 15.8 Å². The van der Waals surface area contributed by atoms with Crippen LogP contribution in [0.25, 0.3) is 5.69 Å². The van der Waals surface area contributed by atoms with Gasteiger partial charge in [-0.15, -0.1) is 0 Å². The number of nitrogens with one attached hydrogen (secondary N) is 1. The quantitative estimate of drug-likeness (QED) is 0.801. The summed E-state index contributed by atoms with van der Waals surface area (Å²) in [7, 11) is 0. The van der Waals surface area contributed by atoms with E-state index in [4.69, 9.17) is 10.5 Å². The topological polar surface area (TPSA) is 82.2 Å². The molecule has 6 heteroatoms. The number of carbonyl (C=O) groups is 1. The van der Waals surface area contributed by atoms with Crippen molar-refractivity contribution in [2.24, 2.45) is 11.1 Å². The molecule has 0 aliphatic heterocycles. The van der Waals surface area contributed by atoms with Crippen molar-refractivity contribution in [2.45, 2.75) is 65.6 Å². The predicted molar refractivity (Wildman–Crippen MR) is 110 cm³/mol. The Morgan fingerprint density at radius 2 is 2.00 bits per heavy atom. The second-order valence-corrected chi connectivity index (χ2v) is 8.47. The zero-order chi connectivity index (χ0) is 20.7. The van der Waals surface area contributed by atoms with Crippen molar-refractivity contribution in [3.05, 3.63) is 47.3 Å². The van der Waals surface area contributed by atoms with Gasteiger partial charge in [0, 0.05) is 24.1 Å². The third-order valence-corrected chi connectivity index (χ3v) is 6.23. The third kappa shape index (κ3) is 3.35. The molecular weight excluding hydrogens is 352 g/mol. The van der Waals surface area contributed by atoms with Crippen molar-refractivity contribution in [3.8, 4) is 5.69 Å². The van der Waals surface area contributed by atoms with Gasteiger partial charge in [0.2, 0.25) is 5.91 Å². The number of amides is 1. The van der Waals surface area contributed by atoms with Crippen LogP contribution in [0.5, 0.6) is 0 Å². The summed E-state index contributed by atoms with van der Waals surface area (Å²) >= 11 is 0. The number of aromatic nitrogens is 2. The van der Waals surface area contributed by atoms with E-state index >= 15 is 0 Å². The Bertz CT molecular complexity index is 856. The number of ether oxygens (including phenoxy) is 1. The van der Waals surface area contributed by atoms with Crippen molar-refractivity contribution < 1.29 is 9.53 Å². The summed E-state index contributed by atoms with van der Waals surface area (Å²) in [5.41, 5.74) is 9.29. The van der Waals surface area contributed by atoms with Crippen molar-refractivity contribution in [1.82, 2.24) is 15.1 Å². The minimum Gasteiger partial charge on any atom is -0.378 e. The number of rotatable bonds is 6. The molecule has 152 valence electrons. The fourth-order valence-corrected chi connectivity index (χ4v) is 4.02. The summed E-state index contributed by atoms with van der Waals surface area (Å²) in [6.45, 7) is 12.6. The second kappa shape index (κ2) is 7.33. The van der Waals surface area contributed by atoms with Crippen LogP contribution in [-0.2, 0) is 9.53 Å². The first-order valence-corrected chi connectivity index (χ1v) is 9.95. The number of nitrogens with zero attached hydrogens (tertiary/aromatic N) is 2. The Labute approximate surface area is 167 Å². The summed E-state index contributed by atoms with van der Waals surface area (Å²) in [6, 6.07) is 10.0. The molecule has 2 aromatic rings. The van der Waals surface area contributed by atoms with E-state index in [1.165, 1.54) is 0 Å². The lowest BCUT2D eigenvalue weighted by Crippen LogP contribution is -2.75. The molecule has 1 fully saturated rings. The van der Waals surface area contributed by atoms with Crippen molar-refractivity contribution in [1.29, 1.82) is 0 Å². The van der Waals surface area contributed by atoms with E-state index in [1.807, 2.05) is 76.6 Å². The molecule has 3 atom stereocenters. The summed E-state index contributed by atoms with van der Waals surface area (Å²) < 4.78 is 7.65. The fourth-order valence-electron chi connectivity index (χ4n) is 4.02. The minimum absolute atomic E-state index is 0.0172. The van der Waals surface area contributed by atoms with Crippen LogP contribution in [-0.4, -0.2) is 33.9 Å². The van der Waals surface area contributed by atoms with Crippen LogP contribution in [0.4, 0.5) is 0 Å². The van der Waals surface area contributed by atoms with Crippen LogP contribution in [0.15, 0.2) is 30.3 Å². The van der Waals surface area contributed by atoms with Crippen molar-refractivity contribution in [2.75, 3.05) is 6.61 Å². The highest BCUT2D eigenvalue weighted by Gasteiger charge is 2.62. The van der Waals surface area contributed by atoms with Crippen molar-refractivity contribution >= 4 is 5.91 Å². The lowest BCUT2D eigenvalue weighted by molar-refractivity contribution is -0.171. The number of nitrogens with two attached hydrogens (primary N) is 1. The number of carbonyl (C=O) groups excluding carboxylic acids is 1. The van der Waals surface area contributed by atoms with E-state index in [0.29, 0.717) is 13.0 Å². The number of aryl methyl sites for hydroxylation is 2. The molecule has 0 radical (unpaired) electrons. The molecule has 1 aliphatic rings. The maximum Gasteiger partial charge on any atom is 0.241 e. The molecular formula is C22H32N4O2. The maximum absolute atomic E-state index is 12.9. The van der Waals surface area contributed by atoms with E-state index in [-0.39, 0.29) is 18.1 Å². The van der Waals surface area contributed by atoms with Crippen LogP contribution in [0.3, 0.4) is 0 Å². The highest BCUT2D eigenvalue weighted by Crippen LogP contribution is 2.50. The Balaban J connectivity index is 1.69. The van der Waals surface area contributed by atoms with Gasteiger partial charge in [-0.25, -0.2) is 4.68 Å². The Morgan fingerprint density at radius 3 is 2.50 bits per heavy atom. The van der Waals surface area contributed by atoms with Gasteiger partial charge in [-0.05, 0) is 51.5 Å².